The second-order valence-corrected chi connectivity index (χ2v) is 7.08. The Morgan fingerprint density at radius 2 is 1.92 bits per heavy atom. The molecule has 0 N–H and O–H groups in total. The topological polar surface area (TPSA) is 27.1 Å². The number of benzene rings is 1. The van der Waals surface area contributed by atoms with Crippen LogP contribution in [0.15, 0.2) is 42.7 Å². The summed E-state index contributed by atoms with van der Waals surface area (Å²) in [6.45, 7) is 2.81. The molecular formula is C19H18Cl2N2O. The number of rotatable bonds is 5. The fraction of sp³-hybridized carbons (Fsp3) is 0.316. The van der Waals surface area contributed by atoms with Gasteiger partial charge in [0.05, 0.1) is 24.4 Å². The number of aryl methyl sites for hydroxylation is 1. The molecule has 124 valence electrons. The van der Waals surface area contributed by atoms with E-state index in [1.807, 2.05) is 24.4 Å². The van der Waals surface area contributed by atoms with Crippen molar-refractivity contribution in [3.8, 4) is 0 Å². The van der Waals surface area contributed by atoms with Crippen molar-refractivity contribution in [3.63, 3.8) is 0 Å². The largest absolute Gasteiger partial charge is 0.381 e. The molecule has 3 heterocycles. The second-order valence-electron chi connectivity index (χ2n) is 6.27. The van der Waals surface area contributed by atoms with E-state index in [-0.39, 0.29) is 0 Å². The van der Waals surface area contributed by atoms with Gasteiger partial charge in [-0.25, -0.2) is 0 Å². The smallest absolute Gasteiger partial charge is 0.0542 e. The molecule has 1 aliphatic rings. The first-order chi connectivity index (χ1) is 11.7. The first-order valence-electron chi connectivity index (χ1n) is 8.16. The van der Waals surface area contributed by atoms with E-state index in [4.69, 9.17) is 27.9 Å². The Labute approximate surface area is 151 Å². The van der Waals surface area contributed by atoms with Crippen molar-refractivity contribution in [3.05, 3.63) is 64.0 Å². The Hall–Kier alpha value is -1.55. The van der Waals surface area contributed by atoms with Crippen LogP contribution in [-0.4, -0.2) is 22.8 Å². The molecular weight excluding hydrogens is 343 g/mol. The van der Waals surface area contributed by atoms with E-state index in [1.165, 1.54) is 10.9 Å². The van der Waals surface area contributed by atoms with Crippen LogP contribution in [0.5, 0.6) is 0 Å². The van der Waals surface area contributed by atoms with Gasteiger partial charge in [-0.1, -0.05) is 29.3 Å². The summed E-state index contributed by atoms with van der Waals surface area (Å²) in [5.74, 6) is 0.700. The van der Waals surface area contributed by atoms with Crippen LogP contribution < -0.4 is 0 Å². The van der Waals surface area contributed by atoms with E-state index in [1.54, 1.807) is 0 Å². The molecule has 1 saturated heterocycles. The van der Waals surface area contributed by atoms with Gasteiger partial charge in [0.2, 0.25) is 0 Å². The lowest BCUT2D eigenvalue weighted by atomic mass is 10.0. The summed E-state index contributed by atoms with van der Waals surface area (Å²) in [5.41, 5.74) is 3.15. The van der Waals surface area contributed by atoms with Crippen molar-refractivity contribution in [2.24, 2.45) is 5.92 Å². The molecule has 0 radical (unpaired) electrons. The molecule has 0 atom stereocenters. The molecule has 1 aromatic carbocycles. The Balaban J connectivity index is 1.63. The minimum Gasteiger partial charge on any atom is -0.381 e. The van der Waals surface area contributed by atoms with Gasteiger partial charge in [0.15, 0.2) is 0 Å². The second kappa shape index (κ2) is 6.75. The predicted octanol–water partition coefficient (Wildman–Crippen LogP) is 4.97. The standard InChI is InChI=1S/C19H18Cl2N2O/c20-16-2-1-3-17(21)15(16)10-18-14-6-9-23(19(14)4-7-22-18)8-5-13-11-24-12-13/h1-4,6-7,9,13H,5,8,10-12H2. The summed E-state index contributed by atoms with van der Waals surface area (Å²) in [7, 11) is 0. The maximum atomic E-state index is 6.31. The van der Waals surface area contributed by atoms with Gasteiger partial charge < -0.3 is 9.30 Å². The number of ether oxygens (including phenoxy) is 1. The van der Waals surface area contributed by atoms with Gasteiger partial charge in [0.1, 0.15) is 0 Å². The highest BCUT2D eigenvalue weighted by Crippen LogP contribution is 2.29. The summed E-state index contributed by atoms with van der Waals surface area (Å²) in [5, 5.41) is 2.54. The monoisotopic (exact) mass is 360 g/mol. The average molecular weight is 361 g/mol. The highest BCUT2D eigenvalue weighted by molar-refractivity contribution is 6.36. The van der Waals surface area contributed by atoms with Gasteiger partial charge >= 0.3 is 0 Å². The fourth-order valence-corrected chi connectivity index (χ4v) is 3.69. The third-order valence-corrected chi connectivity index (χ3v) is 5.38. The van der Waals surface area contributed by atoms with E-state index >= 15 is 0 Å². The molecule has 0 unspecified atom stereocenters. The minimum absolute atomic E-state index is 0.635. The zero-order valence-electron chi connectivity index (χ0n) is 13.2. The SMILES string of the molecule is Clc1cccc(Cl)c1Cc1nccc2c1ccn2CCC1COC1. The van der Waals surface area contributed by atoms with E-state index in [2.05, 4.69) is 27.9 Å². The predicted molar refractivity (Wildman–Crippen MR) is 97.9 cm³/mol. The van der Waals surface area contributed by atoms with Gasteiger partial charge in [0.25, 0.3) is 0 Å². The van der Waals surface area contributed by atoms with Crippen molar-refractivity contribution >= 4 is 34.1 Å². The Kier molecular flexibility index (Phi) is 4.49. The van der Waals surface area contributed by atoms with Crippen LogP contribution in [0.25, 0.3) is 10.9 Å². The molecule has 0 spiro atoms. The lowest BCUT2D eigenvalue weighted by Crippen LogP contribution is -2.28. The molecule has 0 bridgehead atoms. The van der Waals surface area contributed by atoms with Crippen LogP contribution in [0.3, 0.4) is 0 Å². The molecule has 1 fully saturated rings. The minimum atomic E-state index is 0.635. The van der Waals surface area contributed by atoms with Gasteiger partial charge in [-0.15, -0.1) is 0 Å². The Morgan fingerprint density at radius 1 is 1.12 bits per heavy atom. The zero-order valence-corrected chi connectivity index (χ0v) is 14.7. The number of fused-ring (bicyclic) bond motifs is 1. The highest BCUT2D eigenvalue weighted by atomic mass is 35.5. The molecule has 0 aliphatic carbocycles. The first kappa shape index (κ1) is 15.9. The average Bonchev–Trinajstić information content (AvgIpc) is 2.94. The first-order valence-corrected chi connectivity index (χ1v) is 8.91. The van der Waals surface area contributed by atoms with Gasteiger partial charge in [-0.2, -0.15) is 0 Å². The van der Waals surface area contributed by atoms with Crippen molar-refractivity contribution in [1.82, 2.24) is 9.55 Å². The molecule has 0 amide bonds. The van der Waals surface area contributed by atoms with E-state index in [0.717, 1.165) is 37.4 Å². The molecule has 24 heavy (non-hydrogen) atoms. The molecule has 0 saturated carbocycles. The molecule has 3 aromatic rings. The van der Waals surface area contributed by atoms with Crippen LogP contribution in [0.2, 0.25) is 10.0 Å². The van der Waals surface area contributed by atoms with Crippen molar-refractivity contribution in [2.75, 3.05) is 13.2 Å². The third kappa shape index (κ3) is 3.04. The van der Waals surface area contributed by atoms with E-state index in [0.29, 0.717) is 22.4 Å². The molecule has 5 heteroatoms. The van der Waals surface area contributed by atoms with Crippen LogP contribution in [-0.2, 0) is 17.7 Å². The van der Waals surface area contributed by atoms with Crippen LogP contribution >= 0.6 is 23.2 Å². The van der Waals surface area contributed by atoms with Gasteiger partial charge in [-0.3, -0.25) is 4.98 Å². The van der Waals surface area contributed by atoms with Crippen molar-refractivity contribution < 1.29 is 4.74 Å². The summed E-state index contributed by atoms with van der Waals surface area (Å²) < 4.78 is 7.55. The van der Waals surface area contributed by atoms with Crippen molar-refractivity contribution in [1.29, 1.82) is 0 Å². The van der Waals surface area contributed by atoms with Gasteiger partial charge in [0, 0.05) is 46.7 Å². The quantitative estimate of drug-likeness (QED) is 0.642. The lowest BCUT2D eigenvalue weighted by Gasteiger charge is -2.26. The summed E-state index contributed by atoms with van der Waals surface area (Å²) in [4.78, 5) is 4.57. The highest BCUT2D eigenvalue weighted by Gasteiger charge is 2.18. The molecule has 2 aromatic heterocycles. The maximum absolute atomic E-state index is 6.31. The maximum Gasteiger partial charge on any atom is 0.0542 e. The van der Waals surface area contributed by atoms with E-state index in [9.17, 15) is 0 Å². The number of nitrogens with zero attached hydrogens (tertiary/aromatic N) is 2. The van der Waals surface area contributed by atoms with Crippen molar-refractivity contribution in [2.45, 2.75) is 19.4 Å². The number of halogens is 2. The number of hydrogen-bond acceptors (Lipinski definition) is 2. The molecule has 3 nitrogen and oxygen atoms in total. The van der Waals surface area contributed by atoms with Crippen LogP contribution in [0, 0.1) is 5.92 Å². The molecule has 1 aliphatic heterocycles. The normalized spacial score (nSPS) is 14.9. The summed E-state index contributed by atoms with van der Waals surface area (Å²) in [6.07, 6.45) is 5.79. The fourth-order valence-electron chi connectivity index (χ4n) is 3.16. The van der Waals surface area contributed by atoms with E-state index < -0.39 is 0 Å². The number of hydrogen-bond donors (Lipinski definition) is 0. The summed E-state index contributed by atoms with van der Waals surface area (Å²) >= 11 is 12.6. The van der Waals surface area contributed by atoms with Crippen LogP contribution in [0.4, 0.5) is 0 Å². The lowest BCUT2D eigenvalue weighted by molar-refractivity contribution is -0.0370. The number of pyridine rings is 1. The zero-order chi connectivity index (χ0) is 16.5. The molecule has 4 rings (SSSR count). The van der Waals surface area contributed by atoms with Crippen LogP contribution in [0.1, 0.15) is 17.7 Å². The summed E-state index contributed by atoms with van der Waals surface area (Å²) in [6, 6.07) is 9.82. The Bertz CT molecular complexity index is 851. The third-order valence-electron chi connectivity index (χ3n) is 4.67. The number of aromatic nitrogens is 2. The van der Waals surface area contributed by atoms with Gasteiger partial charge in [-0.05, 0) is 36.2 Å². The Morgan fingerprint density at radius 3 is 2.62 bits per heavy atom.